The molecule has 1 saturated heterocycles. The van der Waals surface area contributed by atoms with Gasteiger partial charge in [-0.05, 0) is 37.1 Å². The minimum absolute atomic E-state index is 0.335. The molecule has 2 rings (SSSR count). The Bertz CT molecular complexity index is 608. The molecule has 0 spiro atoms. The molecule has 1 aromatic rings. The number of nitrogens with one attached hydrogen (secondary N) is 1. The van der Waals surface area contributed by atoms with Crippen molar-refractivity contribution in [2.45, 2.75) is 18.7 Å². The zero-order chi connectivity index (χ0) is 14.9. The van der Waals surface area contributed by atoms with Gasteiger partial charge in [0.05, 0.1) is 4.90 Å². The van der Waals surface area contributed by atoms with Crippen molar-refractivity contribution < 1.29 is 12.6 Å². The van der Waals surface area contributed by atoms with Crippen LogP contribution in [-0.4, -0.2) is 48.6 Å². The first-order valence-electron chi connectivity index (χ1n) is 6.50. The molecule has 0 bridgehead atoms. The maximum atomic E-state index is 12.7. The summed E-state index contributed by atoms with van der Waals surface area (Å²) in [5, 5.41) is 3.02. The Morgan fingerprint density at radius 1 is 1.15 bits per heavy atom. The number of hydrogen-bond acceptors (Lipinski definition) is 4. The van der Waals surface area contributed by atoms with E-state index in [0.717, 1.165) is 16.8 Å². The van der Waals surface area contributed by atoms with Crippen molar-refractivity contribution in [1.29, 1.82) is 0 Å². The number of aryl methyl sites for hydroxylation is 2. The molecule has 0 unspecified atom stereocenters. The number of benzene rings is 1. The minimum Gasteiger partial charge on any atom is -0.388 e. The van der Waals surface area contributed by atoms with Crippen LogP contribution in [0.25, 0.3) is 0 Å². The average Bonchev–Trinajstić information content (AvgIpc) is 2.37. The summed E-state index contributed by atoms with van der Waals surface area (Å²) >= 11 is 0. The molecule has 1 aliphatic heterocycles. The Kier molecular flexibility index (Phi) is 4.51. The lowest BCUT2D eigenvalue weighted by atomic mass is 10.1. The maximum Gasteiger partial charge on any atom is 0.243 e. The normalized spacial score (nSPS) is 18.1. The van der Waals surface area contributed by atoms with Crippen LogP contribution in [0.2, 0.25) is 0 Å². The van der Waals surface area contributed by atoms with Gasteiger partial charge < -0.3 is 5.32 Å². The van der Waals surface area contributed by atoms with Gasteiger partial charge in [-0.3, -0.25) is 4.21 Å². The van der Waals surface area contributed by atoms with Crippen LogP contribution in [0.5, 0.6) is 0 Å². The molecular formula is C13H20N2O3S2. The molecule has 5 nitrogen and oxygen atoms in total. The van der Waals surface area contributed by atoms with E-state index in [2.05, 4.69) is 5.32 Å². The number of nitrogens with zero attached hydrogens (tertiary/aromatic N) is 1. The van der Waals surface area contributed by atoms with Crippen LogP contribution in [0.15, 0.2) is 17.0 Å². The molecule has 0 amide bonds. The largest absolute Gasteiger partial charge is 0.388 e. The molecule has 112 valence electrons. The number of sulfonamides is 1. The monoisotopic (exact) mass is 316 g/mol. The molecule has 1 aromatic carbocycles. The summed E-state index contributed by atoms with van der Waals surface area (Å²) in [5.41, 5.74) is 2.38. The first-order chi connectivity index (χ1) is 9.36. The maximum absolute atomic E-state index is 12.7. The molecule has 0 aliphatic carbocycles. The van der Waals surface area contributed by atoms with E-state index >= 15 is 0 Å². The van der Waals surface area contributed by atoms with E-state index in [4.69, 9.17) is 0 Å². The highest BCUT2D eigenvalue weighted by molar-refractivity contribution is 7.89. The van der Waals surface area contributed by atoms with Crippen molar-refractivity contribution in [1.82, 2.24) is 4.31 Å². The third-order valence-electron chi connectivity index (χ3n) is 3.48. The van der Waals surface area contributed by atoms with Gasteiger partial charge in [0.25, 0.3) is 0 Å². The topological polar surface area (TPSA) is 66.5 Å². The molecule has 1 fully saturated rings. The summed E-state index contributed by atoms with van der Waals surface area (Å²) in [5.74, 6) is 0.845. The molecule has 1 aliphatic rings. The van der Waals surface area contributed by atoms with Gasteiger partial charge in [-0.15, -0.1) is 0 Å². The van der Waals surface area contributed by atoms with Crippen molar-refractivity contribution >= 4 is 26.5 Å². The molecule has 1 N–H and O–H groups in total. The van der Waals surface area contributed by atoms with E-state index in [0.29, 0.717) is 29.5 Å². The van der Waals surface area contributed by atoms with Crippen LogP contribution in [0.4, 0.5) is 5.69 Å². The van der Waals surface area contributed by atoms with Crippen LogP contribution < -0.4 is 5.32 Å². The second-order valence-electron chi connectivity index (χ2n) is 4.94. The van der Waals surface area contributed by atoms with E-state index in [9.17, 15) is 12.6 Å². The minimum atomic E-state index is -3.50. The molecule has 0 radical (unpaired) electrons. The highest BCUT2D eigenvalue weighted by Gasteiger charge is 2.30. The van der Waals surface area contributed by atoms with Crippen molar-refractivity contribution in [3.05, 3.63) is 23.3 Å². The molecule has 20 heavy (non-hydrogen) atoms. The molecule has 0 atom stereocenters. The lowest BCUT2D eigenvalue weighted by Gasteiger charge is -2.27. The lowest BCUT2D eigenvalue weighted by molar-refractivity contribution is 0.438. The fraction of sp³-hybridized carbons (Fsp3) is 0.538. The first kappa shape index (κ1) is 15.5. The second-order valence-corrected chi connectivity index (χ2v) is 8.51. The zero-order valence-electron chi connectivity index (χ0n) is 12.0. The van der Waals surface area contributed by atoms with Gasteiger partial charge in [-0.25, -0.2) is 8.42 Å². The smallest absolute Gasteiger partial charge is 0.243 e. The van der Waals surface area contributed by atoms with Gasteiger partial charge in [0, 0.05) is 48.1 Å². The van der Waals surface area contributed by atoms with Crippen molar-refractivity contribution in [3.8, 4) is 0 Å². The van der Waals surface area contributed by atoms with E-state index in [1.807, 2.05) is 33.0 Å². The molecule has 0 aromatic heterocycles. The zero-order valence-corrected chi connectivity index (χ0v) is 13.6. The van der Waals surface area contributed by atoms with Gasteiger partial charge in [-0.1, -0.05) is 0 Å². The van der Waals surface area contributed by atoms with Crippen LogP contribution in [0, 0.1) is 13.8 Å². The summed E-state index contributed by atoms with van der Waals surface area (Å²) in [7, 11) is -2.58. The third kappa shape index (κ3) is 2.89. The SMILES string of the molecule is CNc1cc(C)c(S(=O)(=O)N2CCS(=O)CC2)c(C)c1. The molecule has 1 heterocycles. The fourth-order valence-corrected chi connectivity index (χ4v) is 5.63. The Balaban J connectivity index is 2.42. The third-order valence-corrected chi connectivity index (χ3v) is 6.96. The van der Waals surface area contributed by atoms with Crippen molar-refractivity contribution in [2.75, 3.05) is 37.0 Å². The molecular weight excluding hydrogens is 296 g/mol. The van der Waals surface area contributed by atoms with Gasteiger partial charge in [0.2, 0.25) is 10.0 Å². The average molecular weight is 316 g/mol. The van der Waals surface area contributed by atoms with Crippen molar-refractivity contribution in [3.63, 3.8) is 0 Å². The summed E-state index contributed by atoms with van der Waals surface area (Å²) in [6.07, 6.45) is 0. The number of anilines is 1. The van der Waals surface area contributed by atoms with Crippen LogP contribution in [0.1, 0.15) is 11.1 Å². The van der Waals surface area contributed by atoms with Crippen LogP contribution in [0.3, 0.4) is 0 Å². The predicted octanol–water partition coefficient (Wildman–Crippen LogP) is 1.10. The quantitative estimate of drug-likeness (QED) is 0.907. The van der Waals surface area contributed by atoms with Crippen molar-refractivity contribution in [2.24, 2.45) is 0 Å². The van der Waals surface area contributed by atoms with Gasteiger partial charge in [0.15, 0.2) is 0 Å². The van der Waals surface area contributed by atoms with Crippen LogP contribution >= 0.6 is 0 Å². The molecule has 7 heteroatoms. The van der Waals surface area contributed by atoms with E-state index in [1.165, 1.54) is 4.31 Å². The lowest BCUT2D eigenvalue weighted by Crippen LogP contribution is -2.42. The van der Waals surface area contributed by atoms with E-state index < -0.39 is 20.8 Å². The fourth-order valence-electron chi connectivity index (χ4n) is 2.49. The highest BCUT2D eigenvalue weighted by atomic mass is 32.2. The van der Waals surface area contributed by atoms with Gasteiger partial charge >= 0.3 is 0 Å². The Hall–Kier alpha value is -0.920. The van der Waals surface area contributed by atoms with E-state index in [1.54, 1.807) is 0 Å². The Morgan fingerprint density at radius 2 is 1.65 bits per heavy atom. The molecule has 0 saturated carbocycles. The first-order valence-corrected chi connectivity index (χ1v) is 9.43. The summed E-state index contributed by atoms with van der Waals surface area (Å²) in [4.78, 5) is 0.379. The van der Waals surface area contributed by atoms with Gasteiger partial charge in [-0.2, -0.15) is 4.31 Å². The Labute approximate surface area is 122 Å². The van der Waals surface area contributed by atoms with E-state index in [-0.39, 0.29) is 0 Å². The summed E-state index contributed by atoms with van der Waals surface area (Å²) < 4.78 is 38.3. The summed E-state index contributed by atoms with van der Waals surface area (Å²) in [6, 6.07) is 3.67. The number of rotatable bonds is 3. The standard InChI is InChI=1S/C13H20N2O3S2/c1-10-8-12(14-3)9-11(2)13(10)20(17,18)15-4-6-19(16)7-5-15/h8-9,14H,4-7H2,1-3H3. The number of hydrogen-bond donors (Lipinski definition) is 1. The Morgan fingerprint density at radius 3 is 2.10 bits per heavy atom. The second kappa shape index (κ2) is 5.83. The predicted molar refractivity (Wildman–Crippen MR) is 82.1 cm³/mol. The van der Waals surface area contributed by atoms with Gasteiger partial charge in [0.1, 0.15) is 0 Å². The summed E-state index contributed by atoms with van der Waals surface area (Å²) in [6.45, 7) is 4.29. The van der Waals surface area contributed by atoms with Crippen LogP contribution in [-0.2, 0) is 20.8 Å². The highest BCUT2D eigenvalue weighted by Crippen LogP contribution is 2.27.